The monoisotopic (exact) mass is 460 g/mol. The number of piperazine rings is 1. The van der Waals surface area contributed by atoms with E-state index in [4.69, 9.17) is 4.42 Å². The Morgan fingerprint density at radius 3 is 2.53 bits per heavy atom. The first kappa shape index (κ1) is 23.7. The van der Waals surface area contributed by atoms with Gasteiger partial charge in [0.25, 0.3) is 0 Å². The molecule has 1 N–H and O–H groups in total. The van der Waals surface area contributed by atoms with Crippen LogP contribution in [0.4, 0.5) is 0 Å². The lowest BCUT2D eigenvalue weighted by atomic mass is 10.0. The van der Waals surface area contributed by atoms with Crippen LogP contribution in [-0.4, -0.2) is 51.8 Å². The Hall–Kier alpha value is -3.45. The average molecular weight is 461 g/mol. The molecule has 0 radical (unpaired) electrons. The van der Waals surface area contributed by atoms with Crippen LogP contribution in [0.1, 0.15) is 31.9 Å². The van der Waals surface area contributed by atoms with Crippen LogP contribution in [0, 0.1) is 5.92 Å². The minimum Gasteiger partial charge on any atom is -0.464 e. The molecule has 7 nitrogen and oxygen atoms in total. The fraction of sp³-hybridized carbons (Fsp3) is 0.370. The van der Waals surface area contributed by atoms with Crippen molar-refractivity contribution in [3.63, 3.8) is 0 Å². The molecule has 34 heavy (non-hydrogen) atoms. The molecule has 0 bridgehead atoms. The summed E-state index contributed by atoms with van der Waals surface area (Å²) in [7, 11) is 0. The first-order valence-corrected chi connectivity index (χ1v) is 11.8. The van der Waals surface area contributed by atoms with Gasteiger partial charge in [0.2, 0.25) is 11.8 Å². The minimum atomic E-state index is -0.544. The van der Waals surface area contributed by atoms with Gasteiger partial charge in [0.1, 0.15) is 11.8 Å². The van der Waals surface area contributed by atoms with Gasteiger partial charge in [-0.1, -0.05) is 44.2 Å². The zero-order valence-electron chi connectivity index (χ0n) is 20.0. The lowest BCUT2D eigenvalue weighted by molar-refractivity contribution is -0.150. The average Bonchev–Trinajstić information content (AvgIpc) is 3.38. The van der Waals surface area contributed by atoms with E-state index in [-0.39, 0.29) is 23.8 Å². The van der Waals surface area contributed by atoms with Crippen molar-refractivity contribution in [1.82, 2.24) is 20.1 Å². The predicted octanol–water partition coefficient (Wildman–Crippen LogP) is 3.72. The molecular formula is C27H32N4O3. The Kier molecular flexibility index (Phi) is 7.43. The fourth-order valence-electron chi connectivity index (χ4n) is 4.47. The van der Waals surface area contributed by atoms with Crippen LogP contribution >= 0.6 is 0 Å². The molecule has 2 amide bonds. The van der Waals surface area contributed by atoms with Crippen LogP contribution in [0.5, 0.6) is 0 Å². The lowest BCUT2D eigenvalue weighted by Crippen LogP contribution is -2.64. The highest BCUT2D eigenvalue weighted by atomic mass is 16.3. The third-order valence-corrected chi connectivity index (χ3v) is 6.17. The third kappa shape index (κ3) is 5.54. The van der Waals surface area contributed by atoms with Crippen LogP contribution in [0.2, 0.25) is 0 Å². The van der Waals surface area contributed by atoms with E-state index in [1.165, 1.54) is 0 Å². The van der Waals surface area contributed by atoms with Gasteiger partial charge in [-0.3, -0.25) is 19.5 Å². The van der Waals surface area contributed by atoms with Gasteiger partial charge in [0, 0.05) is 56.1 Å². The van der Waals surface area contributed by atoms with Crippen LogP contribution in [0.25, 0.3) is 11.3 Å². The molecule has 1 aromatic carbocycles. The Bertz CT molecular complexity index is 1080. The van der Waals surface area contributed by atoms with Gasteiger partial charge < -0.3 is 14.6 Å². The van der Waals surface area contributed by atoms with Gasteiger partial charge in [-0.15, -0.1) is 0 Å². The molecular weight excluding hydrogens is 428 g/mol. The van der Waals surface area contributed by atoms with E-state index >= 15 is 0 Å². The van der Waals surface area contributed by atoms with E-state index < -0.39 is 6.04 Å². The molecule has 2 atom stereocenters. The van der Waals surface area contributed by atoms with Crippen molar-refractivity contribution < 1.29 is 14.0 Å². The van der Waals surface area contributed by atoms with Crippen LogP contribution in [0.15, 0.2) is 71.6 Å². The summed E-state index contributed by atoms with van der Waals surface area (Å²) >= 11 is 0. The van der Waals surface area contributed by atoms with Crippen molar-refractivity contribution in [2.45, 2.75) is 45.9 Å². The normalized spacial score (nSPS) is 18.8. The number of carbonyl (C=O) groups is 2. The second-order valence-electron chi connectivity index (χ2n) is 9.21. The number of nitrogens with one attached hydrogen (secondary N) is 1. The molecule has 0 spiro atoms. The summed E-state index contributed by atoms with van der Waals surface area (Å²) in [5, 5.41) is 3.06. The first-order valence-electron chi connectivity index (χ1n) is 11.8. The van der Waals surface area contributed by atoms with E-state index in [9.17, 15) is 9.59 Å². The second-order valence-corrected chi connectivity index (χ2v) is 9.21. The number of hydrogen-bond acceptors (Lipinski definition) is 5. The van der Waals surface area contributed by atoms with Crippen molar-refractivity contribution in [2.24, 2.45) is 5.92 Å². The van der Waals surface area contributed by atoms with E-state index in [1.807, 2.05) is 75.5 Å². The minimum absolute atomic E-state index is 0.0106. The van der Waals surface area contributed by atoms with Gasteiger partial charge in [-0.2, -0.15) is 0 Å². The van der Waals surface area contributed by atoms with Gasteiger partial charge >= 0.3 is 0 Å². The summed E-state index contributed by atoms with van der Waals surface area (Å²) in [6.45, 7) is 8.07. The molecule has 178 valence electrons. The molecule has 1 fully saturated rings. The van der Waals surface area contributed by atoms with Crippen molar-refractivity contribution in [3.05, 3.63) is 78.3 Å². The number of benzene rings is 1. The summed E-state index contributed by atoms with van der Waals surface area (Å²) in [5.74, 6) is 0.517. The number of amides is 2. The Balaban J connectivity index is 1.45. The lowest BCUT2D eigenvalue weighted by Gasteiger charge is -2.45. The molecule has 1 aliphatic rings. The summed E-state index contributed by atoms with van der Waals surface area (Å²) in [6, 6.07) is 15.0. The molecule has 7 heteroatoms. The van der Waals surface area contributed by atoms with E-state index in [0.717, 1.165) is 22.5 Å². The summed E-state index contributed by atoms with van der Waals surface area (Å²) in [6.07, 6.45) is 5.25. The van der Waals surface area contributed by atoms with Gasteiger partial charge in [0.05, 0.1) is 6.26 Å². The molecule has 2 unspecified atom stereocenters. The molecule has 0 aliphatic carbocycles. The number of aromatic nitrogens is 1. The fourth-order valence-corrected chi connectivity index (χ4v) is 4.47. The quantitative estimate of drug-likeness (QED) is 0.582. The van der Waals surface area contributed by atoms with Gasteiger partial charge in [0.15, 0.2) is 0 Å². The highest BCUT2D eigenvalue weighted by molar-refractivity contribution is 5.89. The molecule has 4 rings (SSSR count). The molecule has 1 saturated heterocycles. The Labute approximate surface area is 200 Å². The number of rotatable bonds is 7. The van der Waals surface area contributed by atoms with Crippen LogP contribution in [-0.2, 0) is 22.7 Å². The summed E-state index contributed by atoms with van der Waals surface area (Å²) in [5.41, 5.74) is 3.07. The van der Waals surface area contributed by atoms with Crippen molar-refractivity contribution >= 4 is 11.8 Å². The van der Waals surface area contributed by atoms with Crippen molar-refractivity contribution in [1.29, 1.82) is 0 Å². The standard InChI is InChI=1S/C27H32N4O3/c1-19(2)27(33)31-20(3)16-30(17-22-6-4-12-28-14-22)18-24(31)26(32)29-15-21-8-10-23(11-9-21)25-7-5-13-34-25/h4-14,19-20,24H,15-18H2,1-3H3,(H,29,32). The maximum Gasteiger partial charge on any atom is 0.244 e. The maximum absolute atomic E-state index is 13.3. The second kappa shape index (κ2) is 10.7. The zero-order valence-corrected chi connectivity index (χ0v) is 20.0. The largest absolute Gasteiger partial charge is 0.464 e. The smallest absolute Gasteiger partial charge is 0.244 e. The number of furan rings is 1. The van der Waals surface area contributed by atoms with Crippen LogP contribution < -0.4 is 5.32 Å². The molecule has 0 saturated carbocycles. The topological polar surface area (TPSA) is 78.7 Å². The van der Waals surface area contributed by atoms with E-state index in [0.29, 0.717) is 26.2 Å². The van der Waals surface area contributed by atoms with E-state index in [2.05, 4.69) is 15.2 Å². The molecule has 2 aromatic heterocycles. The number of nitrogens with zero attached hydrogens (tertiary/aromatic N) is 3. The molecule has 3 aromatic rings. The Morgan fingerprint density at radius 1 is 1.09 bits per heavy atom. The SMILES string of the molecule is CC(C)C(=O)N1C(C)CN(Cc2cccnc2)CC1C(=O)NCc1ccc(-c2ccco2)cc1. The highest BCUT2D eigenvalue weighted by Crippen LogP contribution is 2.22. The Morgan fingerprint density at radius 2 is 1.88 bits per heavy atom. The third-order valence-electron chi connectivity index (χ3n) is 6.17. The summed E-state index contributed by atoms with van der Waals surface area (Å²) < 4.78 is 5.44. The summed E-state index contributed by atoms with van der Waals surface area (Å²) in [4.78, 5) is 34.6. The van der Waals surface area contributed by atoms with Crippen molar-refractivity contribution in [3.8, 4) is 11.3 Å². The maximum atomic E-state index is 13.3. The molecule has 1 aliphatic heterocycles. The number of hydrogen-bond donors (Lipinski definition) is 1. The van der Waals surface area contributed by atoms with Gasteiger partial charge in [-0.25, -0.2) is 0 Å². The van der Waals surface area contributed by atoms with Crippen molar-refractivity contribution in [2.75, 3.05) is 13.1 Å². The first-order chi connectivity index (χ1) is 16.4. The zero-order chi connectivity index (χ0) is 24.1. The van der Waals surface area contributed by atoms with Gasteiger partial charge in [-0.05, 0) is 36.2 Å². The van der Waals surface area contributed by atoms with Crippen LogP contribution in [0.3, 0.4) is 0 Å². The highest BCUT2D eigenvalue weighted by Gasteiger charge is 2.39. The predicted molar refractivity (Wildman–Crippen MR) is 130 cm³/mol. The van der Waals surface area contributed by atoms with E-state index in [1.54, 1.807) is 17.4 Å². The molecule has 3 heterocycles. The number of carbonyl (C=O) groups excluding carboxylic acids is 2. The number of pyridine rings is 1.